The summed E-state index contributed by atoms with van der Waals surface area (Å²) in [5, 5.41) is 8.27. The van der Waals surface area contributed by atoms with Crippen LogP contribution in [0.25, 0.3) is 0 Å². The molecule has 0 unspecified atom stereocenters. The van der Waals surface area contributed by atoms with E-state index >= 15 is 37.5 Å². The van der Waals surface area contributed by atoms with Crippen LogP contribution in [0.15, 0.2) is 48.6 Å². The number of carbonyl (C=O) groups is 12. The molecular formula is C77H108F8N12O14. The minimum Gasteiger partial charge on any atom is -0.379 e. The quantitative estimate of drug-likeness (QED) is 0.109. The molecular weight excluding hydrogens is 1470 g/mol. The summed E-state index contributed by atoms with van der Waals surface area (Å²) in [6.07, 6.45) is -7.77. The maximum absolute atomic E-state index is 15.8. The zero-order valence-corrected chi connectivity index (χ0v) is 65.8. The molecule has 3 aliphatic heterocycles. The molecule has 7 rings (SSSR count). The Bertz CT molecular complexity index is 3730. The van der Waals surface area contributed by atoms with Crippen molar-refractivity contribution >= 4 is 70.9 Å². The molecule has 0 aromatic heterocycles. The first-order valence-electron chi connectivity index (χ1n) is 37.8. The Labute approximate surface area is 642 Å². The van der Waals surface area contributed by atoms with Crippen molar-refractivity contribution in [1.82, 2.24) is 60.0 Å². The Hall–Kier alpha value is -8.82. The van der Waals surface area contributed by atoms with Crippen molar-refractivity contribution in [3.05, 3.63) is 82.4 Å². The number of fused-ring (bicyclic) bond motifs is 3. The molecule has 4 fully saturated rings. The summed E-state index contributed by atoms with van der Waals surface area (Å²) in [4.78, 5) is 191. The van der Waals surface area contributed by atoms with E-state index in [1.54, 1.807) is 32.9 Å². The molecule has 616 valence electrons. The highest BCUT2D eigenvalue weighted by Gasteiger charge is 2.59. The third-order valence-corrected chi connectivity index (χ3v) is 22.0. The van der Waals surface area contributed by atoms with Gasteiger partial charge in [-0.05, 0) is 117 Å². The van der Waals surface area contributed by atoms with Crippen molar-refractivity contribution in [2.75, 3.05) is 102 Å². The molecule has 2 saturated carbocycles. The fourth-order valence-corrected chi connectivity index (χ4v) is 15.8. The van der Waals surface area contributed by atoms with Crippen LogP contribution >= 0.6 is 0 Å². The van der Waals surface area contributed by atoms with Crippen LogP contribution in [0.3, 0.4) is 0 Å². The zero-order chi connectivity index (χ0) is 82.7. The summed E-state index contributed by atoms with van der Waals surface area (Å²) in [6.45, 7) is 8.00. The van der Waals surface area contributed by atoms with Crippen molar-refractivity contribution in [3.8, 4) is 0 Å². The van der Waals surface area contributed by atoms with E-state index in [4.69, 9.17) is 9.47 Å². The van der Waals surface area contributed by atoms with Gasteiger partial charge in [0.05, 0.1) is 37.8 Å². The topological polar surface area (TPSA) is 289 Å². The van der Waals surface area contributed by atoms with Gasteiger partial charge in [0, 0.05) is 95.5 Å². The van der Waals surface area contributed by atoms with Crippen molar-refractivity contribution in [2.24, 2.45) is 17.3 Å². The van der Waals surface area contributed by atoms with E-state index in [1.165, 1.54) is 59.1 Å². The first kappa shape index (κ1) is 89.4. The van der Waals surface area contributed by atoms with Gasteiger partial charge in [0.2, 0.25) is 70.9 Å². The van der Waals surface area contributed by atoms with Crippen LogP contribution in [0.5, 0.6) is 0 Å². The number of hydrogen-bond acceptors (Lipinski definition) is 14. The average Bonchev–Trinajstić information content (AvgIpc) is 1.73. The molecule has 2 aliphatic carbocycles. The van der Waals surface area contributed by atoms with E-state index in [0.29, 0.717) is 44.2 Å². The fraction of sp³-hybridized carbons (Fsp3) is 0.662. The van der Waals surface area contributed by atoms with Crippen LogP contribution in [0.2, 0.25) is 0 Å². The Morgan fingerprint density at radius 1 is 0.685 bits per heavy atom. The molecule has 12 amide bonds. The third kappa shape index (κ3) is 21.7. The highest BCUT2D eigenvalue weighted by molar-refractivity contribution is 6.01. The number of alkyl halides is 6. The van der Waals surface area contributed by atoms with E-state index in [-0.39, 0.29) is 70.4 Å². The van der Waals surface area contributed by atoms with Gasteiger partial charge in [-0.15, -0.1) is 0 Å². The largest absolute Gasteiger partial charge is 0.422 e. The maximum atomic E-state index is 15.8. The first-order valence-corrected chi connectivity index (χ1v) is 37.8. The number of nitrogens with one attached hydrogen (secondary N) is 3. The normalized spacial score (nSPS) is 26.1. The lowest BCUT2D eigenvalue weighted by molar-refractivity contribution is -0.161. The van der Waals surface area contributed by atoms with Gasteiger partial charge >= 0.3 is 12.4 Å². The van der Waals surface area contributed by atoms with Gasteiger partial charge in [-0.25, -0.2) is 8.78 Å². The van der Waals surface area contributed by atoms with Crippen molar-refractivity contribution in [3.63, 3.8) is 0 Å². The number of hydrogen-bond donors (Lipinski definition) is 3. The second-order valence-electron chi connectivity index (χ2n) is 31.1. The first-order chi connectivity index (χ1) is 51.9. The summed E-state index contributed by atoms with van der Waals surface area (Å²) >= 11 is 0. The van der Waals surface area contributed by atoms with Gasteiger partial charge in [-0.1, -0.05) is 78.2 Å². The second kappa shape index (κ2) is 37.7. The Balaban J connectivity index is 1.37. The lowest BCUT2D eigenvalue weighted by Crippen LogP contribution is -2.71. The molecule has 2 saturated heterocycles. The summed E-state index contributed by atoms with van der Waals surface area (Å²) in [6, 6.07) is -7.74. The van der Waals surface area contributed by atoms with Gasteiger partial charge in [0.1, 0.15) is 71.1 Å². The molecule has 2 bridgehead atoms. The molecule has 3 N–H and O–H groups in total. The predicted molar refractivity (Wildman–Crippen MR) is 389 cm³/mol. The monoisotopic (exact) mass is 1580 g/mol. The summed E-state index contributed by atoms with van der Waals surface area (Å²) in [5.41, 5.74) is -5.99. The number of aryl methyl sites for hydroxylation is 1. The van der Waals surface area contributed by atoms with Crippen molar-refractivity contribution in [2.45, 2.75) is 210 Å². The second-order valence-corrected chi connectivity index (χ2v) is 31.1. The molecule has 2 aromatic carbocycles. The van der Waals surface area contributed by atoms with E-state index in [0.717, 1.165) is 65.6 Å². The fourth-order valence-electron chi connectivity index (χ4n) is 15.8. The number of benzene rings is 2. The number of likely N-dealkylation sites (N-methyl/N-ethyl adjacent to an activating group) is 7. The van der Waals surface area contributed by atoms with Crippen LogP contribution in [-0.2, 0) is 92.2 Å². The Morgan fingerprint density at radius 3 is 1.87 bits per heavy atom. The van der Waals surface area contributed by atoms with Crippen LogP contribution in [0.4, 0.5) is 35.1 Å². The third-order valence-electron chi connectivity index (χ3n) is 22.0. The van der Waals surface area contributed by atoms with Gasteiger partial charge in [-0.2, -0.15) is 26.3 Å². The maximum Gasteiger partial charge on any atom is 0.422 e. The number of rotatable bonds is 15. The molecule has 3 heterocycles. The van der Waals surface area contributed by atoms with Crippen LogP contribution in [-0.4, -0.2) is 277 Å². The number of halogens is 8. The highest BCUT2D eigenvalue weighted by Crippen LogP contribution is 2.50. The van der Waals surface area contributed by atoms with Crippen LogP contribution < -0.4 is 16.0 Å². The molecule has 0 radical (unpaired) electrons. The number of amides is 12. The smallest absolute Gasteiger partial charge is 0.379 e. The molecule has 10 atom stereocenters. The van der Waals surface area contributed by atoms with Crippen LogP contribution in [0, 0.1) is 28.9 Å². The SMILES string of the molecule is CCCOC[C@H]1C(=O)N[C@@H]([C@@H](C)CC)C(=O)N(C)CC(=O)N(C)[C@@H]2C/C=C\CCN(C2=O)[C@@H](Cc2ccc(C(F)(F)F)cc2)C(=O)N(C)CC(=O)N[C@@H](CCc2cc(F)c(C(F)(F)F)c(F)c2)C(=O)N2C[C@H](OCC)C[C@H]2C(=O)NC2(CC(C)(C)C2)C(=O)N(C)[C@@H](C2CCCC2)C(=O)N(C)[C@H](C(=O)N(C)C)CC(=O)N1C. The van der Waals surface area contributed by atoms with Crippen LogP contribution in [0.1, 0.15) is 147 Å². The minimum atomic E-state index is -5.47. The van der Waals surface area contributed by atoms with E-state index in [2.05, 4.69) is 16.0 Å². The molecule has 1 spiro atoms. The minimum absolute atomic E-state index is 0.0230. The lowest BCUT2D eigenvalue weighted by Gasteiger charge is -2.54. The molecule has 26 nitrogen and oxygen atoms in total. The zero-order valence-electron chi connectivity index (χ0n) is 65.8. The van der Waals surface area contributed by atoms with Gasteiger partial charge < -0.3 is 69.5 Å². The molecule has 2 aromatic rings. The average molecular weight is 1580 g/mol. The predicted octanol–water partition coefficient (Wildman–Crippen LogP) is 5.76. The van der Waals surface area contributed by atoms with E-state index < -0.39 is 234 Å². The lowest BCUT2D eigenvalue weighted by atomic mass is 9.58. The number of ether oxygens (including phenoxy) is 2. The van der Waals surface area contributed by atoms with Gasteiger partial charge in [0.25, 0.3) is 0 Å². The number of carbonyl (C=O) groups excluding carboxylic acids is 12. The molecule has 34 heteroatoms. The summed E-state index contributed by atoms with van der Waals surface area (Å²) in [5.74, 6) is -15.6. The van der Waals surface area contributed by atoms with E-state index in [9.17, 15) is 55.1 Å². The number of nitrogens with zero attached hydrogens (tertiary/aromatic N) is 9. The standard InChI is InChI=1S/C77H108F8N12O14/c1-15-33-110-42-58-65(101)87-63(45(4)16-2)71(107)91(10)41-61(100)92(11)54-25-19-18-22-32-96(70(54)106)57(36-46-26-29-49(30-27-46)76(80,81)82)69(105)90(9)40-59(98)86-53(31-28-47-34-51(78)62(52(79)35-47)77(83,84)85)67(103)97-39-50(111-17-3)37-55(97)66(102)88-75(43-74(5,6)44-75)73(109)95(14)64(48-23-20-21-24-48)72(108)94(13)56(68(104)89(7)8)38-60(99)93(58)12/h18-19,26-27,29-30,34-35,45,48,50,53-58,63-64H,15-17,20-25,28,31-33,36-44H2,1-14H3,(H,86,98)(H,87,101)(H,88,102)/b19-18-/t45-,50+,53-,54+,55-,56-,57-,58-,63-,64-/m0/s1. The molecule has 111 heavy (non-hydrogen) atoms. The van der Waals surface area contributed by atoms with Crippen molar-refractivity contribution < 1.29 is 102 Å². The highest BCUT2D eigenvalue weighted by atomic mass is 19.4. The van der Waals surface area contributed by atoms with Gasteiger partial charge in [0.15, 0.2) is 0 Å². The summed E-state index contributed by atoms with van der Waals surface area (Å²) in [7, 11) is 10.5. The van der Waals surface area contributed by atoms with Crippen molar-refractivity contribution in [1.29, 1.82) is 0 Å². The summed E-state index contributed by atoms with van der Waals surface area (Å²) < 4.78 is 126. The Kier molecular flexibility index (Phi) is 30.3. The Morgan fingerprint density at radius 2 is 1.31 bits per heavy atom. The van der Waals surface area contributed by atoms with E-state index in [1.807, 2.05) is 20.8 Å². The van der Waals surface area contributed by atoms with Gasteiger partial charge in [-0.3, -0.25) is 57.5 Å². The molecule has 5 aliphatic rings.